The predicted octanol–water partition coefficient (Wildman–Crippen LogP) is 2.05. The van der Waals surface area contributed by atoms with Crippen LogP contribution in [0.15, 0.2) is 0 Å². The van der Waals surface area contributed by atoms with Crippen LogP contribution < -0.4 is 0 Å². The third-order valence-electron chi connectivity index (χ3n) is 1.53. The molecule has 0 aliphatic heterocycles. The summed E-state index contributed by atoms with van der Waals surface area (Å²) in [5, 5.41) is 8.72. The fourth-order valence-corrected chi connectivity index (χ4v) is 0.968. The van der Waals surface area contributed by atoms with Crippen LogP contribution in [-0.4, -0.2) is 23.3 Å². The van der Waals surface area contributed by atoms with Gasteiger partial charge in [0.2, 0.25) is 0 Å². The molecule has 0 radical (unpaired) electrons. The monoisotopic (exact) mass is 174 g/mol. The van der Waals surface area contributed by atoms with Crippen molar-refractivity contribution in [3.05, 3.63) is 0 Å². The van der Waals surface area contributed by atoms with E-state index < -0.39 is 12.1 Å². The maximum atomic E-state index is 10.6. The highest BCUT2D eigenvalue weighted by Crippen LogP contribution is 2.07. The van der Waals surface area contributed by atoms with Gasteiger partial charge in [0.05, 0.1) is 6.10 Å². The third kappa shape index (κ3) is 5.13. The Labute approximate surface area is 73.7 Å². The zero-order valence-corrected chi connectivity index (χ0v) is 8.04. The van der Waals surface area contributed by atoms with Gasteiger partial charge in [0.1, 0.15) is 0 Å². The summed E-state index contributed by atoms with van der Waals surface area (Å²) < 4.78 is 5.21. The number of carboxylic acid groups (broad SMARTS) is 1. The lowest BCUT2D eigenvalue weighted by Gasteiger charge is -2.15. The Morgan fingerprint density at radius 3 is 2.42 bits per heavy atom. The second kappa shape index (κ2) is 6.00. The van der Waals surface area contributed by atoms with Gasteiger partial charge in [-0.3, -0.25) is 0 Å². The van der Waals surface area contributed by atoms with Gasteiger partial charge in [-0.1, -0.05) is 19.8 Å². The summed E-state index contributed by atoms with van der Waals surface area (Å²) in [7, 11) is 0. The zero-order chi connectivity index (χ0) is 9.56. The van der Waals surface area contributed by atoms with Crippen LogP contribution >= 0.6 is 0 Å². The number of ether oxygens (including phenoxy) is 1. The van der Waals surface area contributed by atoms with E-state index in [2.05, 4.69) is 0 Å². The first kappa shape index (κ1) is 11.4. The minimum absolute atomic E-state index is 0.0112. The van der Waals surface area contributed by atoms with E-state index in [4.69, 9.17) is 9.84 Å². The first-order valence-corrected chi connectivity index (χ1v) is 4.46. The molecule has 0 heterocycles. The van der Waals surface area contributed by atoms with Gasteiger partial charge in [-0.25, -0.2) is 4.79 Å². The van der Waals surface area contributed by atoms with Crippen LogP contribution in [-0.2, 0) is 9.53 Å². The Hall–Kier alpha value is -0.570. The molecule has 0 unspecified atom stereocenters. The largest absolute Gasteiger partial charge is 0.479 e. The molecule has 1 atom stereocenters. The van der Waals surface area contributed by atoms with Crippen molar-refractivity contribution >= 4 is 5.97 Å². The number of aliphatic carboxylic acids is 1. The molecule has 0 aromatic heterocycles. The number of hydrogen-bond acceptors (Lipinski definition) is 2. The van der Waals surface area contributed by atoms with Crippen LogP contribution in [0.25, 0.3) is 0 Å². The molecular weight excluding hydrogens is 156 g/mol. The molecule has 0 bridgehead atoms. The average Bonchev–Trinajstić information content (AvgIpc) is 1.96. The van der Waals surface area contributed by atoms with E-state index in [1.54, 1.807) is 0 Å². The van der Waals surface area contributed by atoms with Crippen molar-refractivity contribution in [2.75, 3.05) is 0 Å². The summed E-state index contributed by atoms with van der Waals surface area (Å²) in [5.41, 5.74) is 0. The van der Waals surface area contributed by atoms with Crippen molar-refractivity contribution in [2.45, 2.75) is 52.2 Å². The smallest absolute Gasteiger partial charge is 0.332 e. The number of unbranched alkanes of at least 4 members (excludes halogenated alkanes) is 1. The quantitative estimate of drug-likeness (QED) is 0.670. The number of carbonyl (C=O) groups is 1. The molecule has 0 amide bonds. The molecule has 0 rings (SSSR count). The Kier molecular flexibility index (Phi) is 5.72. The summed E-state index contributed by atoms with van der Waals surface area (Å²) in [5.74, 6) is -0.850. The molecular formula is C9H18O3. The normalized spacial score (nSPS) is 13.3. The molecule has 72 valence electrons. The molecule has 0 spiro atoms. The second-order valence-electron chi connectivity index (χ2n) is 3.15. The lowest BCUT2D eigenvalue weighted by Crippen LogP contribution is -2.26. The third-order valence-corrected chi connectivity index (χ3v) is 1.53. The van der Waals surface area contributed by atoms with Crippen LogP contribution in [0.2, 0.25) is 0 Å². The lowest BCUT2D eigenvalue weighted by atomic mass is 10.1. The minimum atomic E-state index is -0.850. The van der Waals surface area contributed by atoms with E-state index in [0.29, 0.717) is 6.42 Å². The predicted molar refractivity (Wildman–Crippen MR) is 47.2 cm³/mol. The van der Waals surface area contributed by atoms with Crippen molar-refractivity contribution in [3.8, 4) is 0 Å². The van der Waals surface area contributed by atoms with Crippen LogP contribution in [0.3, 0.4) is 0 Å². The minimum Gasteiger partial charge on any atom is -0.479 e. The molecule has 1 N–H and O–H groups in total. The lowest BCUT2D eigenvalue weighted by molar-refractivity contribution is -0.153. The van der Waals surface area contributed by atoms with Crippen molar-refractivity contribution < 1.29 is 14.6 Å². The van der Waals surface area contributed by atoms with Crippen molar-refractivity contribution in [1.29, 1.82) is 0 Å². The first-order chi connectivity index (χ1) is 5.57. The topological polar surface area (TPSA) is 46.5 Å². The molecule has 3 nitrogen and oxygen atoms in total. The van der Waals surface area contributed by atoms with E-state index in [-0.39, 0.29) is 6.10 Å². The van der Waals surface area contributed by atoms with Gasteiger partial charge >= 0.3 is 5.97 Å². The number of carboxylic acids is 1. The van der Waals surface area contributed by atoms with E-state index >= 15 is 0 Å². The fourth-order valence-electron chi connectivity index (χ4n) is 0.968. The maximum absolute atomic E-state index is 10.6. The average molecular weight is 174 g/mol. The molecule has 0 fully saturated rings. The summed E-state index contributed by atoms with van der Waals surface area (Å²) in [6, 6.07) is 0. The van der Waals surface area contributed by atoms with E-state index in [9.17, 15) is 4.79 Å². The molecule has 0 aliphatic rings. The standard InChI is InChI=1S/C9H18O3/c1-4-5-6-8(9(10)11)12-7(2)3/h7-8H,4-6H2,1-3H3,(H,10,11)/t8-/m0/s1. The number of hydrogen-bond donors (Lipinski definition) is 1. The summed E-state index contributed by atoms with van der Waals surface area (Å²) in [4.78, 5) is 10.6. The van der Waals surface area contributed by atoms with E-state index in [1.807, 2.05) is 20.8 Å². The first-order valence-electron chi connectivity index (χ1n) is 4.46. The summed E-state index contributed by atoms with van der Waals surface area (Å²) >= 11 is 0. The highest BCUT2D eigenvalue weighted by Gasteiger charge is 2.18. The van der Waals surface area contributed by atoms with Crippen LogP contribution in [0.5, 0.6) is 0 Å². The van der Waals surface area contributed by atoms with Gasteiger partial charge in [0, 0.05) is 0 Å². The summed E-state index contributed by atoms with van der Waals surface area (Å²) in [6.45, 7) is 5.73. The van der Waals surface area contributed by atoms with Gasteiger partial charge < -0.3 is 9.84 Å². The molecule has 0 aromatic carbocycles. The highest BCUT2D eigenvalue weighted by atomic mass is 16.5. The molecule has 0 aliphatic carbocycles. The van der Waals surface area contributed by atoms with Crippen molar-refractivity contribution in [3.63, 3.8) is 0 Å². The molecule has 0 saturated heterocycles. The van der Waals surface area contributed by atoms with Crippen LogP contribution in [0, 0.1) is 0 Å². The Morgan fingerprint density at radius 2 is 2.08 bits per heavy atom. The van der Waals surface area contributed by atoms with E-state index in [1.165, 1.54) is 0 Å². The Morgan fingerprint density at radius 1 is 1.50 bits per heavy atom. The number of rotatable bonds is 6. The molecule has 3 heteroatoms. The second-order valence-corrected chi connectivity index (χ2v) is 3.15. The molecule has 12 heavy (non-hydrogen) atoms. The van der Waals surface area contributed by atoms with Gasteiger partial charge in [-0.15, -0.1) is 0 Å². The SMILES string of the molecule is CCCC[C@H](OC(C)C)C(=O)O. The Bertz CT molecular complexity index is 132. The van der Waals surface area contributed by atoms with Gasteiger partial charge in [-0.05, 0) is 20.3 Å². The van der Waals surface area contributed by atoms with Gasteiger partial charge in [-0.2, -0.15) is 0 Å². The van der Waals surface area contributed by atoms with Crippen LogP contribution in [0.4, 0.5) is 0 Å². The van der Waals surface area contributed by atoms with Gasteiger partial charge in [0.15, 0.2) is 6.10 Å². The summed E-state index contributed by atoms with van der Waals surface area (Å²) in [6.07, 6.45) is 1.90. The van der Waals surface area contributed by atoms with Crippen molar-refractivity contribution in [2.24, 2.45) is 0 Å². The maximum Gasteiger partial charge on any atom is 0.332 e. The zero-order valence-electron chi connectivity index (χ0n) is 8.04. The highest BCUT2D eigenvalue weighted by molar-refractivity contribution is 5.72. The molecule has 0 aromatic rings. The van der Waals surface area contributed by atoms with E-state index in [0.717, 1.165) is 12.8 Å². The van der Waals surface area contributed by atoms with Crippen molar-refractivity contribution in [1.82, 2.24) is 0 Å². The van der Waals surface area contributed by atoms with Crippen LogP contribution in [0.1, 0.15) is 40.0 Å². The fraction of sp³-hybridized carbons (Fsp3) is 0.889. The Balaban J connectivity index is 3.78. The van der Waals surface area contributed by atoms with Gasteiger partial charge in [0.25, 0.3) is 0 Å². The molecule has 0 saturated carbocycles.